The first-order valence-corrected chi connectivity index (χ1v) is 5.31. The molecule has 82 valence electrons. The van der Waals surface area contributed by atoms with Gasteiger partial charge in [0.25, 0.3) is 5.56 Å². The van der Waals surface area contributed by atoms with Crippen molar-refractivity contribution in [2.24, 2.45) is 0 Å². The highest BCUT2D eigenvalue weighted by atomic mass is 32.2. The Bertz CT molecular complexity index is 464. The van der Waals surface area contributed by atoms with Crippen LogP contribution in [0.3, 0.4) is 0 Å². The first-order valence-electron chi connectivity index (χ1n) is 4.37. The second-order valence-corrected chi connectivity index (χ2v) is 4.39. The van der Waals surface area contributed by atoms with E-state index < -0.39 is 17.3 Å². The van der Waals surface area contributed by atoms with Gasteiger partial charge >= 0.3 is 6.18 Å². The van der Waals surface area contributed by atoms with Gasteiger partial charge in [-0.2, -0.15) is 13.2 Å². The van der Waals surface area contributed by atoms with E-state index in [9.17, 15) is 18.0 Å². The molecule has 1 aliphatic heterocycles. The highest BCUT2D eigenvalue weighted by molar-refractivity contribution is 7.98. The van der Waals surface area contributed by atoms with E-state index in [2.05, 4.69) is 0 Å². The van der Waals surface area contributed by atoms with E-state index in [1.54, 1.807) is 0 Å². The number of nitrogens with zero attached hydrogens (tertiary/aromatic N) is 1. The molecule has 2 rings (SSSR count). The molecule has 0 atom stereocenters. The maximum atomic E-state index is 12.5. The van der Waals surface area contributed by atoms with Crippen molar-refractivity contribution in [3.63, 3.8) is 0 Å². The van der Waals surface area contributed by atoms with Crippen LogP contribution >= 0.6 is 11.9 Å². The van der Waals surface area contributed by atoms with Gasteiger partial charge in [-0.05, 0) is 31.4 Å². The molecule has 2 heterocycles. The van der Waals surface area contributed by atoms with Crippen molar-refractivity contribution in [1.29, 1.82) is 0 Å². The summed E-state index contributed by atoms with van der Waals surface area (Å²) >= 11 is 1.26. The van der Waals surface area contributed by atoms with Crippen LogP contribution < -0.4 is 5.56 Å². The molecule has 1 aromatic heterocycles. The topological polar surface area (TPSA) is 22.0 Å². The van der Waals surface area contributed by atoms with Gasteiger partial charge in [-0.15, -0.1) is 0 Å². The standard InChI is InChI=1S/C9H8F3NOS/c1-5-7(9(10,11)12)4-6-2-3-15-13(6)8(5)14/h4H,2-3H2,1H3. The molecule has 0 aliphatic carbocycles. The molecular formula is C9H8F3NOS. The second kappa shape index (κ2) is 3.30. The number of alkyl halides is 3. The molecule has 0 amide bonds. The molecule has 15 heavy (non-hydrogen) atoms. The number of pyridine rings is 1. The average molecular weight is 235 g/mol. The summed E-state index contributed by atoms with van der Waals surface area (Å²) in [5, 5.41) is 0. The second-order valence-electron chi connectivity index (χ2n) is 3.35. The van der Waals surface area contributed by atoms with Gasteiger partial charge < -0.3 is 0 Å². The monoisotopic (exact) mass is 235 g/mol. The van der Waals surface area contributed by atoms with Crippen molar-refractivity contribution in [3.05, 3.63) is 33.2 Å². The van der Waals surface area contributed by atoms with E-state index in [0.717, 1.165) is 6.07 Å². The minimum atomic E-state index is -4.44. The van der Waals surface area contributed by atoms with Crippen molar-refractivity contribution in [1.82, 2.24) is 3.97 Å². The number of halogens is 3. The van der Waals surface area contributed by atoms with Crippen LogP contribution in [0.5, 0.6) is 0 Å². The predicted octanol–water partition coefficient (Wildman–Crippen LogP) is 2.23. The maximum Gasteiger partial charge on any atom is 0.416 e. The Morgan fingerprint density at radius 3 is 2.73 bits per heavy atom. The third-order valence-corrected chi connectivity index (χ3v) is 3.41. The molecule has 0 radical (unpaired) electrons. The van der Waals surface area contributed by atoms with Crippen LogP contribution in [0.15, 0.2) is 10.9 Å². The third kappa shape index (κ3) is 1.67. The quantitative estimate of drug-likeness (QED) is 0.688. The van der Waals surface area contributed by atoms with E-state index >= 15 is 0 Å². The van der Waals surface area contributed by atoms with Gasteiger partial charge in [0.2, 0.25) is 0 Å². The van der Waals surface area contributed by atoms with Crippen molar-refractivity contribution in [2.45, 2.75) is 19.5 Å². The van der Waals surface area contributed by atoms with Gasteiger partial charge in [-0.25, -0.2) is 0 Å². The minimum Gasteiger partial charge on any atom is -0.268 e. The molecule has 6 heteroatoms. The van der Waals surface area contributed by atoms with Gasteiger partial charge in [-0.3, -0.25) is 8.77 Å². The summed E-state index contributed by atoms with van der Waals surface area (Å²) in [6.45, 7) is 1.22. The Kier molecular flexibility index (Phi) is 2.33. The number of fused-ring (bicyclic) bond motifs is 1. The van der Waals surface area contributed by atoms with E-state index in [4.69, 9.17) is 0 Å². The lowest BCUT2D eigenvalue weighted by Gasteiger charge is -2.12. The van der Waals surface area contributed by atoms with E-state index in [1.165, 1.54) is 22.8 Å². The summed E-state index contributed by atoms with van der Waals surface area (Å²) in [6.07, 6.45) is -3.92. The van der Waals surface area contributed by atoms with Gasteiger partial charge in [0, 0.05) is 17.0 Å². The number of aryl methyl sites for hydroxylation is 1. The Hall–Kier alpha value is -0.910. The highest BCUT2D eigenvalue weighted by Gasteiger charge is 2.35. The number of aromatic nitrogens is 1. The van der Waals surface area contributed by atoms with Crippen LogP contribution in [0.4, 0.5) is 13.2 Å². The molecule has 0 aromatic carbocycles. The molecule has 0 unspecified atom stereocenters. The predicted molar refractivity (Wildman–Crippen MR) is 52.0 cm³/mol. The Morgan fingerprint density at radius 1 is 1.47 bits per heavy atom. The van der Waals surface area contributed by atoms with Crippen LogP contribution in [-0.4, -0.2) is 9.73 Å². The minimum absolute atomic E-state index is 0.222. The van der Waals surface area contributed by atoms with Crippen LogP contribution in [0, 0.1) is 6.92 Å². The summed E-state index contributed by atoms with van der Waals surface area (Å²) in [5.41, 5.74) is -1.10. The van der Waals surface area contributed by atoms with Gasteiger partial charge in [-0.1, -0.05) is 0 Å². The number of rotatable bonds is 0. The smallest absolute Gasteiger partial charge is 0.268 e. The fourth-order valence-electron chi connectivity index (χ4n) is 1.58. The first-order chi connectivity index (χ1) is 6.91. The Balaban J connectivity index is 2.70. The fourth-order valence-corrected chi connectivity index (χ4v) is 2.63. The lowest BCUT2D eigenvalue weighted by atomic mass is 10.1. The van der Waals surface area contributed by atoms with Crippen molar-refractivity contribution in [3.8, 4) is 0 Å². The molecule has 0 fully saturated rings. The SMILES string of the molecule is Cc1c(C(F)(F)F)cc2n(c1=O)SCC2. The normalized spacial score (nSPS) is 15.5. The van der Waals surface area contributed by atoms with Gasteiger partial charge in [0.05, 0.1) is 5.56 Å². The van der Waals surface area contributed by atoms with Crippen LogP contribution in [-0.2, 0) is 12.6 Å². The van der Waals surface area contributed by atoms with E-state index in [1.807, 2.05) is 0 Å². The van der Waals surface area contributed by atoms with Crippen molar-refractivity contribution in [2.75, 3.05) is 5.75 Å². The molecular weight excluding hydrogens is 227 g/mol. The van der Waals surface area contributed by atoms with Crippen molar-refractivity contribution >= 4 is 11.9 Å². The van der Waals surface area contributed by atoms with Gasteiger partial charge in [0.1, 0.15) is 0 Å². The van der Waals surface area contributed by atoms with Crippen LogP contribution in [0.25, 0.3) is 0 Å². The average Bonchev–Trinajstić information content (AvgIpc) is 2.57. The molecule has 0 bridgehead atoms. The first kappa shape index (κ1) is 10.6. The largest absolute Gasteiger partial charge is 0.416 e. The van der Waals surface area contributed by atoms with Crippen LogP contribution in [0.2, 0.25) is 0 Å². The Labute approximate surface area is 88.2 Å². The molecule has 0 spiro atoms. The molecule has 0 saturated heterocycles. The summed E-state index contributed by atoms with van der Waals surface area (Å²) in [6, 6.07) is 1.08. The van der Waals surface area contributed by atoms with Gasteiger partial charge in [0.15, 0.2) is 0 Å². The molecule has 1 aliphatic rings. The number of hydrogen-bond acceptors (Lipinski definition) is 2. The lowest BCUT2D eigenvalue weighted by Crippen LogP contribution is -2.23. The maximum absolute atomic E-state index is 12.5. The molecule has 0 saturated carbocycles. The summed E-state index contributed by atoms with van der Waals surface area (Å²) < 4.78 is 39.0. The Morgan fingerprint density at radius 2 is 2.13 bits per heavy atom. The summed E-state index contributed by atoms with van der Waals surface area (Å²) in [5.74, 6) is 0.663. The van der Waals surface area contributed by atoms with E-state index in [0.29, 0.717) is 17.9 Å². The summed E-state index contributed by atoms with van der Waals surface area (Å²) in [4.78, 5) is 11.6. The molecule has 2 nitrogen and oxygen atoms in total. The zero-order valence-electron chi connectivity index (χ0n) is 7.89. The highest BCUT2D eigenvalue weighted by Crippen LogP contribution is 2.33. The lowest BCUT2D eigenvalue weighted by molar-refractivity contribution is -0.138. The fraction of sp³-hybridized carbons (Fsp3) is 0.444. The van der Waals surface area contributed by atoms with Crippen molar-refractivity contribution < 1.29 is 13.2 Å². The third-order valence-electron chi connectivity index (χ3n) is 2.37. The molecule has 0 N–H and O–H groups in total. The van der Waals surface area contributed by atoms with E-state index in [-0.39, 0.29) is 5.56 Å². The summed E-state index contributed by atoms with van der Waals surface area (Å²) in [7, 11) is 0. The van der Waals surface area contributed by atoms with Crippen LogP contribution in [0.1, 0.15) is 16.8 Å². The molecule has 1 aromatic rings. The zero-order chi connectivity index (χ0) is 11.2. The number of hydrogen-bond donors (Lipinski definition) is 0. The zero-order valence-corrected chi connectivity index (χ0v) is 8.71.